The number of aryl methyl sites for hydroxylation is 1. The molecular weight excluding hydrogens is 566 g/mol. The van der Waals surface area contributed by atoms with Gasteiger partial charge in [0.05, 0.1) is 30.9 Å². The summed E-state index contributed by atoms with van der Waals surface area (Å²) >= 11 is 3.46. The molecule has 11 nitrogen and oxygen atoms in total. The van der Waals surface area contributed by atoms with Gasteiger partial charge in [-0.05, 0) is 34.0 Å². The predicted molar refractivity (Wildman–Crippen MR) is 136 cm³/mol. The normalized spacial score (nSPS) is 16.8. The van der Waals surface area contributed by atoms with E-state index in [1.54, 1.807) is 30.3 Å². The second-order valence-electron chi connectivity index (χ2n) is 8.37. The molecule has 1 aliphatic rings. The van der Waals surface area contributed by atoms with Crippen molar-refractivity contribution in [3.05, 3.63) is 58.0 Å². The zero-order valence-corrected chi connectivity index (χ0v) is 22.9. The van der Waals surface area contributed by atoms with Crippen LogP contribution >= 0.6 is 15.9 Å². The molecule has 0 radical (unpaired) electrons. The van der Waals surface area contributed by atoms with E-state index < -0.39 is 36.2 Å². The first-order chi connectivity index (χ1) is 18.4. The fraction of sp³-hybridized carbons (Fsp3) is 0.500. The maximum Gasteiger partial charge on any atom is 0.417 e. The Morgan fingerprint density at radius 3 is 2.53 bits per heavy atom. The fourth-order valence-corrected chi connectivity index (χ4v) is 4.49. The molecule has 2 amide bonds. The average molecular weight is 598 g/mol. The number of benzene rings is 1. The number of carbonyl (C=O) groups is 3. The van der Waals surface area contributed by atoms with Crippen LogP contribution in [0.5, 0.6) is 0 Å². The van der Waals surface area contributed by atoms with Crippen LogP contribution in [0.1, 0.15) is 42.6 Å². The standard InChI is InChI=1S/C26H32BrNO10/c1-17(30)37-23(22-15-19(27)21(38-22)9-6-11-34-13-14-35-12-10-29)24(33-2)25(31)28-20(16-36-26(28)32)18-7-4-3-5-8-18/h3-5,7-8,15,20,23-24,29H,6,9-14,16H2,1-2H3. The Balaban J connectivity index is 1.73. The molecule has 1 aliphatic heterocycles. The molecule has 0 bridgehead atoms. The van der Waals surface area contributed by atoms with Gasteiger partial charge in [-0.15, -0.1) is 0 Å². The number of amides is 2. The molecule has 208 valence electrons. The number of rotatable bonds is 15. The first-order valence-electron chi connectivity index (χ1n) is 12.2. The van der Waals surface area contributed by atoms with Crippen LogP contribution in [0.25, 0.3) is 0 Å². The van der Waals surface area contributed by atoms with E-state index in [1.165, 1.54) is 14.0 Å². The van der Waals surface area contributed by atoms with Crippen molar-refractivity contribution in [1.82, 2.24) is 4.90 Å². The van der Waals surface area contributed by atoms with E-state index in [0.29, 0.717) is 42.9 Å². The number of aliphatic hydroxyl groups is 1. The lowest BCUT2D eigenvalue weighted by molar-refractivity contribution is -0.164. The Hall–Kier alpha value is -2.77. The zero-order chi connectivity index (χ0) is 27.5. The molecule has 3 unspecified atom stereocenters. The number of cyclic esters (lactones) is 1. The highest BCUT2D eigenvalue weighted by Gasteiger charge is 2.46. The Bertz CT molecular complexity index is 1060. The fourth-order valence-electron chi connectivity index (χ4n) is 3.98. The van der Waals surface area contributed by atoms with Gasteiger partial charge in [-0.1, -0.05) is 30.3 Å². The van der Waals surface area contributed by atoms with E-state index >= 15 is 0 Å². The number of ether oxygens (including phenoxy) is 5. The van der Waals surface area contributed by atoms with Crippen molar-refractivity contribution in [2.45, 2.75) is 38.0 Å². The Morgan fingerprint density at radius 2 is 1.87 bits per heavy atom. The van der Waals surface area contributed by atoms with Crippen molar-refractivity contribution in [3.8, 4) is 0 Å². The predicted octanol–water partition coefficient (Wildman–Crippen LogP) is 3.34. The van der Waals surface area contributed by atoms with Gasteiger partial charge in [0.15, 0.2) is 12.2 Å². The smallest absolute Gasteiger partial charge is 0.417 e. The highest BCUT2D eigenvalue weighted by molar-refractivity contribution is 9.10. The molecule has 1 N–H and O–H groups in total. The topological polar surface area (TPSA) is 134 Å². The van der Waals surface area contributed by atoms with Gasteiger partial charge >= 0.3 is 12.1 Å². The van der Waals surface area contributed by atoms with Crippen molar-refractivity contribution in [1.29, 1.82) is 0 Å². The number of hydrogen-bond donors (Lipinski definition) is 1. The molecule has 2 heterocycles. The summed E-state index contributed by atoms with van der Waals surface area (Å²) in [6.07, 6.45) is -2.29. The molecule has 1 saturated heterocycles. The van der Waals surface area contributed by atoms with Crippen molar-refractivity contribution >= 4 is 33.9 Å². The molecule has 1 fully saturated rings. The summed E-state index contributed by atoms with van der Waals surface area (Å²) in [6.45, 7) is 2.69. The highest BCUT2D eigenvalue weighted by atomic mass is 79.9. The summed E-state index contributed by atoms with van der Waals surface area (Å²) in [5.41, 5.74) is 0.718. The third-order valence-corrected chi connectivity index (χ3v) is 6.39. The van der Waals surface area contributed by atoms with Gasteiger partial charge in [0.1, 0.15) is 24.2 Å². The van der Waals surface area contributed by atoms with Crippen LogP contribution < -0.4 is 0 Å². The number of hydrogen-bond acceptors (Lipinski definition) is 10. The van der Waals surface area contributed by atoms with E-state index in [1.807, 2.05) is 6.07 Å². The van der Waals surface area contributed by atoms with Gasteiger partial charge in [-0.2, -0.15) is 0 Å². The molecule has 3 rings (SSSR count). The van der Waals surface area contributed by atoms with E-state index in [0.717, 1.165) is 10.5 Å². The minimum Gasteiger partial charge on any atom is -0.461 e. The van der Waals surface area contributed by atoms with Crippen molar-refractivity contribution in [2.75, 3.05) is 46.8 Å². The third kappa shape index (κ3) is 7.87. The van der Waals surface area contributed by atoms with Crippen molar-refractivity contribution < 1.29 is 47.6 Å². The van der Waals surface area contributed by atoms with Gasteiger partial charge in [-0.25, -0.2) is 9.69 Å². The molecule has 1 aromatic heterocycles. The van der Waals surface area contributed by atoms with Crippen LogP contribution in [-0.2, 0) is 39.7 Å². The molecule has 12 heteroatoms. The second-order valence-corrected chi connectivity index (χ2v) is 9.22. The minimum absolute atomic E-state index is 0.00463. The SMILES string of the molecule is COC(C(=O)N1C(=O)OCC1c1ccccc1)C(OC(C)=O)c1cc(Br)c(CCCOCCOCCO)o1. The molecule has 2 aromatic rings. The number of nitrogens with zero attached hydrogens (tertiary/aromatic N) is 1. The Kier molecular flexibility index (Phi) is 11.7. The summed E-state index contributed by atoms with van der Waals surface area (Å²) in [5.74, 6) is -0.618. The summed E-state index contributed by atoms with van der Waals surface area (Å²) < 4.78 is 33.4. The third-order valence-electron chi connectivity index (χ3n) is 5.72. The van der Waals surface area contributed by atoms with E-state index in [9.17, 15) is 14.4 Å². The summed E-state index contributed by atoms with van der Waals surface area (Å²) in [7, 11) is 1.29. The Labute approximate surface area is 229 Å². The van der Waals surface area contributed by atoms with Crippen molar-refractivity contribution in [3.63, 3.8) is 0 Å². The van der Waals surface area contributed by atoms with E-state index in [4.69, 9.17) is 33.2 Å². The molecule has 3 atom stereocenters. The van der Waals surface area contributed by atoms with Crippen LogP contribution in [-0.4, -0.2) is 80.8 Å². The van der Waals surface area contributed by atoms with E-state index in [2.05, 4.69) is 15.9 Å². The van der Waals surface area contributed by atoms with Crippen molar-refractivity contribution in [2.24, 2.45) is 0 Å². The maximum absolute atomic E-state index is 13.6. The minimum atomic E-state index is -1.37. The molecule has 1 aromatic carbocycles. The Morgan fingerprint density at radius 1 is 1.16 bits per heavy atom. The van der Waals surface area contributed by atoms with Crippen LogP contribution in [0.15, 0.2) is 45.3 Å². The number of imide groups is 1. The average Bonchev–Trinajstić information content (AvgIpc) is 3.47. The number of esters is 1. The lowest BCUT2D eigenvalue weighted by Crippen LogP contribution is -2.45. The molecule has 0 aliphatic carbocycles. The van der Waals surface area contributed by atoms with Gasteiger partial charge in [-0.3, -0.25) is 9.59 Å². The maximum atomic E-state index is 13.6. The summed E-state index contributed by atoms with van der Waals surface area (Å²) in [4.78, 5) is 39.1. The first kappa shape index (κ1) is 29.8. The molecule has 0 saturated carbocycles. The second kappa shape index (κ2) is 15.0. The molecule has 38 heavy (non-hydrogen) atoms. The summed E-state index contributed by atoms with van der Waals surface area (Å²) in [6, 6.07) is 9.97. The quantitative estimate of drug-likeness (QED) is 0.240. The van der Waals surface area contributed by atoms with Crippen LogP contribution in [0.2, 0.25) is 0 Å². The number of carbonyl (C=O) groups excluding carboxylic acids is 3. The monoisotopic (exact) mass is 597 g/mol. The van der Waals surface area contributed by atoms with Crippen LogP contribution in [0.3, 0.4) is 0 Å². The molecular formula is C26H32BrNO10. The van der Waals surface area contributed by atoms with Crippen LogP contribution in [0.4, 0.5) is 4.79 Å². The zero-order valence-electron chi connectivity index (χ0n) is 21.3. The lowest BCUT2D eigenvalue weighted by Gasteiger charge is -2.28. The van der Waals surface area contributed by atoms with Gasteiger partial charge in [0.25, 0.3) is 5.91 Å². The lowest BCUT2D eigenvalue weighted by atomic mass is 10.0. The number of methoxy groups -OCH3 is 1. The highest BCUT2D eigenvalue weighted by Crippen LogP contribution is 2.35. The van der Waals surface area contributed by atoms with Gasteiger partial charge < -0.3 is 33.2 Å². The molecule has 0 spiro atoms. The van der Waals surface area contributed by atoms with Gasteiger partial charge in [0, 0.05) is 27.1 Å². The number of halogens is 1. The number of aliphatic hydroxyl groups excluding tert-OH is 1. The summed E-state index contributed by atoms with van der Waals surface area (Å²) in [5, 5.41) is 8.70. The number of furan rings is 1. The van der Waals surface area contributed by atoms with Gasteiger partial charge in [0.2, 0.25) is 0 Å². The van der Waals surface area contributed by atoms with E-state index in [-0.39, 0.29) is 25.6 Å². The largest absolute Gasteiger partial charge is 0.461 e. The van der Waals surface area contributed by atoms with Crippen LogP contribution in [0, 0.1) is 0 Å². The first-order valence-corrected chi connectivity index (χ1v) is 13.0.